The molecule has 0 radical (unpaired) electrons. The minimum absolute atomic E-state index is 0.00520. The Balaban J connectivity index is 1.67. The van der Waals surface area contributed by atoms with Gasteiger partial charge in [-0.3, -0.25) is 9.20 Å². The Morgan fingerprint density at radius 3 is 2.92 bits per heavy atom. The Hall–Kier alpha value is -2.93. The number of benzene rings is 1. The summed E-state index contributed by atoms with van der Waals surface area (Å²) in [5, 5.41) is 15.1. The minimum Gasteiger partial charge on any atom is -0.395 e. The maximum Gasteiger partial charge on any atom is 0.251 e. The summed E-state index contributed by atoms with van der Waals surface area (Å²) in [4.78, 5) is 21.0. The Kier molecular flexibility index (Phi) is 4.30. The monoisotopic (exact) mass is 351 g/mol. The zero-order valence-corrected chi connectivity index (χ0v) is 14.6. The largest absolute Gasteiger partial charge is 0.395 e. The van der Waals surface area contributed by atoms with Crippen LogP contribution in [0.1, 0.15) is 28.8 Å². The van der Waals surface area contributed by atoms with E-state index >= 15 is 0 Å². The van der Waals surface area contributed by atoms with Crippen molar-refractivity contribution in [3.8, 4) is 11.3 Å². The summed E-state index contributed by atoms with van der Waals surface area (Å²) in [5.74, 6) is 0.624. The molecule has 2 heterocycles. The fourth-order valence-electron chi connectivity index (χ4n) is 3.00. The fourth-order valence-corrected chi connectivity index (χ4v) is 3.00. The van der Waals surface area contributed by atoms with Crippen LogP contribution in [0, 0.1) is 6.92 Å². The Morgan fingerprint density at radius 1 is 1.35 bits per heavy atom. The van der Waals surface area contributed by atoms with Gasteiger partial charge in [0.25, 0.3) is 5.91 Å². The third-order valence-corrected chi connectivity index (χ3v) is 4.51. The standard InChI is InChI=1S/C19H21N5O2/c1-12-10-13(2-5-15(12)19(26)23-14-3-4-14)16-11-22-18-17(21-7-9-25)20-6-8-24(16)18/h2,5-6,8,10-11,14,25H,3-4,7,9H2,1H3,(H,20,21)(H,23,26). The molecule has 26 heavy (non-hydrogen) atoms. The third-order valence-electron chi connectivity index (χ3n) is 4.51. The van der Waals surface area contributed by atoms with E-state index in [1.165, 1.54) is 0 Å². The van der Waals surface area contributed by atoms with Gasteiger partial charge in [0.2, 0.25) is 0 Å². The molecule has 1 saturated carbocycles. The Bertz CT molecular complexity index is 962. The summed E-state index contributed by atoms with van der Waals surface area (Å²) < 4.78 is 1.95. The highest BCUT2D eigenvalue weighted by Crippen LogP contribution is 2.26. The predicted octanol–water partition coefficient (Wildman–Crippen LogP) is 2.00. The van der Waals surface area contributed by atoms with Gasteiger partial charge in [-0.15, -0.1) is 0 Å². The number of nitrogens with one attached hydrogen (secondary N) is 2. The predicted molar refractivity (Wildman–Crippen MR) is 99.2 cm³/mol. The number of aliphatic hydroxyl groups excluding tert-OH is 1. The molecule has 4 rings (SSSR count). The number of aromatic nitrogens is 3. The van der Waals surface area contributed by atoms with Gasteiger partial charge >= 0.3 is 0 Å². The van der Waals surface area contributed by atoms with Gasteiger partial charge in [0.1, 0.15) is 0 Å². The number of imidazole rings is 1. The van der Waals surface area contributed by atoms with Gasteiger partial charge in [0.15, 0.2) is 11.5 Å². The quantitative estimate of drug-likeness (QED) is 0.632. The average Bonchev–Trinajstić information content (AvgIpc) is 3.34. The highest BCUT2D eigenvalue weighted by Gasteiger charge is 2.24. The second-order valence-electron chi connectivity index (χ2n) is 6.54. The summed E-state index contributed by atoms with van der Waals surface area (Å²) in [6.07, 6.45) is 7.49. The summed E-state index contributed by atoms with van der Waals surface area (Å²) in [6.45, 7) is 2.39. The Morgan fingerprint density at radius 2 is 2.19 bits per heavy atom. The first-order valence-electron chi connectivity index (χ1n) is 8.76. The van der Waals surface area contributed by atoms with Crippen LogP contribution in [0.3, 0.4) is 0 Å². The van der Waals surface area contributed by atoms with E-state index in [0.29, 0.717) is 29.6 Å². The Labute approximate surface area is 151 Å². The lowest BCUT2D eigenvalue weighted by Gasteiger charge is -2.10. The van der Waals surface area contributed by atoms with E-state index in [-0.39, 0.29) is 12.5 Å². The topological polar surface area (TPSA) is 91.6 Å². The number of anilines is 1. The number of aryl methyl sites for hydroxylation is 1. The summed E-state index contributed by atoms with van der Waals surface area (Å²) >= 11 is 0. The number of amides is 1. The molecule has 3 aromatic rings. The van der Waals surface area contributed by atoms with Crippen molar-refractivity contribution < 1.29 is 9.90 Å². The number of rotatable bonds is 6. The minimum atomic E-state index is -0.00520. The lowest BCUT2D eigenvalue weighted by atomic mass is 10.0. The van der Waals surface area contributed by atoms with Crippen LogP contribution in [0.5, 0.6) is 0 Å². The van der Waals surface area contributed by atoms with Crippen molar-refractivity contribution >= 4 is 17.4 Å². The van der Waals surface area contributed by atoms with Gasteiger partial charge in [0.05, 0.1) is 18.5 Å². The normalized spacial score (nSPS) is 13.8. The second-order valence-corrected chi connectivity index (χ2v) is 6.54. The molecule has 0 saturated heterocycles. The van der Waals surface area contributed by atoms with Crippen molar-refractivity contribution in [3.63, 3.8) is 0 Å². The molecule has 0 atom stereocenters. The van der Waals surface area contributed by atoms with E-state index in [4.69, 9.17) is 5.11 Å². The SMILES string of the molecule is Cc1cc(-c2cnc3c(NCCO)nccn23)ccc1C(=O)NC1CC1. The van der Waals surface area contributed by atoms with E-state index in [1.54, 1.807) is 12.4 Å². The third kappa shape index (κ3) is 3.13. The summed E-state index contributed by atoms with van der Waals surface area (Å²) in [6, 6.07) is 6.16. The van der Waals surface area contributed by atoms with E-state index in [2.05, 4.69) is 20.6 Å². The first-order valence-corrected chi connectivity index (χ1v) is 8.76. The van der Waals surface area contributed by atoms with E-state index in [0.717, 1.165) is 29.7 Å². The van der Waals surface area contributed by atoms with E-state index in [1.807, 2.05) is 35.7 Å². The maximum atomic E-state index is 12.3. The van der Waals surface area contributed by atoms with Crippen molar-refractivity contribution in [1.82, 2.24) is 19.7 Å². The van der Waals surface area contributed by atoms with Gasteiger partial charge in [0, 0.05) is 36.1 Å². The number of nitrogens with zero attached hydrogens (tertiary/aromatic N) is 3. The number of fused-ring (bicyclic) bond motifs is 1. The first kappa shape index (κ1) is 16.5. The molecule has 3 N–H and O–H groups in total. The van der Waals surface area contributed by atoms with Crippen LogP contribution in [0.15, 0.2) is 36.8 Å². The number of carbonyl (C=O) groups is 1. The molecular weight excluding hydrogens is 330 g/mol. The van der Waals surface area contributed by atoms with Crippen LogP contribution < -0.4 is 10.6 Å². The molecule has 7 nitrogen and oxygen atoms in total. The zero-order valence-electron chi connectivity index (χ0n) is 14.6. The summed E-state index contributed by atoms with van der Waals surface area (Å²) in [5.41, 5.74) is 4.25. The average molecular weight is 351 g/mol. The number of hydrogen-bond donors (Lipinski definition) is 3. The summed E-state index contributed by atoms with van der Waals surface area (Å²) in [7, 11) is 0. The van der Waals surface area contributed by atoms with Crippen LogP contribution >= 0.6 is 0 Å². The smallest absolute Gasteiger partial charge is 0.251 e. The number of aliphatic hydroxyl groups is 1. The molecule has 2 aromatic heterocycles. The van der Waals surface area contributed by atoms with Crippen molar-refractivity contribution in [3.05, 3.63) is 47.9 Å². The van der Waals surface area contributed by atoms with Gasteiger partial charge < -0.3 is 15.7 Å². The van der Waals surface area contributed by atoms with Crippen molar-refractivity contribution in [2.24, 2.45) is 0 Å². The van der Waals surface area contributed by atoms with Crippen LogP contribution in [0.25, 0.3) is 16.9 Å². The lowest BCUT2D eigenvalue weighted by molar-refractivity contribution is 0.0950. The molecule has 0 spiro atoms. The van der Waals surface area contributed by atoms with Crippen molar-refractivity contribution in [1.29, 1.82) is 0 Å². The van der Waals surface area contributed by atoms with Gasteiger partial charge in [-0.2, -0.15) is 0 Å². The fraction of sp³-hybridized carbons (Fsp3) is 0.316. The number of hydrogen-bond acceptors (Lipinski definition) is 5. The van der Waals surface area contributed by atoms with Crippen LogP contribution in [-0.2, 0) is 0 Å². The molecule has 0 unspecified atom stereocenters. The van der Waals surface area contributed by atoms with E-state index in [9.17, 15) is 4.79 Å². The van der Waals surface area contributed by atoms with Crippen molar-refractivity contribution in [2.75, 3.05) is 18.5 Å². The molecule has 7 heteroatoms. The highest BCUT2D eigenvalue weighted by molar-refractivity contribution is 5.96. The van der Waals surface area contributed by atoms with Crippen LogP contribution in [0.4, 0.5) is 5.82 Å². The maximum absolute atomic E-state index is 12.3. The molecule has 1 fully saturated rings. The molecule has 134 valence electrons. The van der Waals surface area contributed by atoms with Gasteiger partial charge in [-0.05, 0) is 37.5 Å². The molecule has 1 aromatic carbocycles. The molecule has 0 aliphatic heterocycles. The lowest BCUT2D eigenvalue weighted by Crippen LogP contribution is -2.26. The molecule has 1 amide bonds. The van der Waals surface area contributed by atoms with Crippen LogP contribution in [0.2, 0.25) is 0 Å². The van der Waals surface area contributed by atoms with Crippen LogP contribution in [-0.4, -0.2) is 44.6 Å². The molecule has 1 aliphatic carbocycles. The van der Waals surface area contributed by atoms with Gasteiger partial charge in [-0.25, -0.2) is 9.97 Å². The highest BCUT2D eigenvalue weighted by atomic mass is 16.3. The first-order chi connectivity index (χ1) is 12.7. The molecular formula is C19H21N5O2. The number of carbonyl (C=O) groups excluding carboxylic acids is 1. The molecule has 0 bridgehead atoms. The zero-order chi connectivity index (χ0) is 18.1. The van der Waals surface area contributed by atoms with E-state index < -0.39 is 0 Å². The van der Waals surface area contributed by atoms with Crippen molar-refractivity contribution in [2.45, 2.75) is 25.8 Å². The second kappa shape index (κ2) is 6.76. The molecule has 1 aliphatic rings. The van der Waals surface area contributed by atoms with Gasteiger partial charge in [-0.1, -0.05) is 6.07 Å².